The molecule has 33 heavy (non-hydrogen) atoms. The highest BCUT2D eigenvalue weighted by Gasteiger charge is 2.23. The van der Waals surface area contributed by atoms with Crippen LogP contribution < -0.4 is 15.0 Å². The summed E-state index contributed by atoms with van der Waals surface area (Å²) in [6.45, 7) is 8.37. The number of nitrogens with one attached hydrogen (secondary N) is 1. The number of nitro groups is 1. The van der Waals surface area contributed by atoms with Gasteiger partial charge in [0, 0.05) is 37.8 Å². The number of piperazine rings is 1. The number of carbonyl (C=O) groups is 2. The summed E-state index contributed by atoms with van der Waals surface area (Å²) < 4.78 is 10.1. The van der Waals surface area contributed by atoms with Crippen molar-refractivity contribution >= 4 is 28.9 Å². The minimum atomic E-state index is -0.585. The maximum absolute atomic E-state index is 13.0. The van der Waals surface area contributed by atoms with Gasteiger partial charge in [0.25, 0.3) is 5.91 Å². The molecule has 1 aliphatic rings. The SMILES string of the molecule is CCOc1ccc(C(=O)Nc2cc(C(=O)OC)ccc2N2CCN(CC)CC2)cc1[N+](=O)[O-]. The van der Waals surface area contributed by atoms with Gasteiger partial charge in [-0.1, -0.05) is 6.92 Å². The van der Waals surface area contributed by atoms with Gasteiger partial charge in [0.05, 0.1) is 35.6 Å². The molecule has 2 aromatic carbocycles. The van der Waals surface area contributed by atoms with Crippen molar-refractivity contribution in [2.75, 3.05) is 56.7 Å². The molecule has 3 rings (SSSR count). The second kappa shape index (κ2) is 10.8. The summed E-state index contributed by atoms with van der Waals surface area (Å²) in [6.07, 6.45) is 0. The topological polar surface area (TPSA) is 114 Å². The Balaban J connectivity index is 1.92. The smallest absolute Gasteiger partial charge is 0.337 e. The lowest BCUT2D eigenvalue weighted by Gasteiger charge is -2.36. The summed E-state index contributed by atoms with van der Waals surface area (Å²) in [5.41, 5.74) is 1.32. The normalized spacial score (nSPS) is 14.0. The highest BCUT2D eigenvalue weighted by atomic mass is 16.6. The van der Waals surface area contributed by atoms with Gasteiger partial charge in [0.2, 0.25) is 0 Å². The number of amides is 1. The monoisotopic (exact) mass is 456 g/mol. The average molecular weight is 456 g/mol. The molecule has 176 valence electrons. The Labute approximate surface area is 192 Å². The summed E-state index contributed by atoms with van der Waals surface area (Å²) in [5, 5.41) is 14.2. The van der Waals surface area contributed by atoms with Crippen molar-refractivity contribution in [2.45, 2.75) is 13.8 Å². The van der Waals surface area contributed by atoms with E-state index in [1.807, 2.05) is 0 Å². The number of anilines is 2. The minimum absolute atomic E-state index is 0.0984. The van der Waals surface area contributed by atoms with Gasteiger partial charge >= 0.3 is 11.7 Å². The number of nitro benzene ring substituents is 1. The Bertz CT molecular complexity index is 1030. The lowest BCUT2D eigenvalue weighted by Crippen LogP contribution is -2.46. The first-order chi connectivity index (χ1) is 15.9. The van der Waals surface area contributed by atoms with E-state index in [1.54, 1.807) is 25.1 Å². The summed E-state index contributed by atoms with van der Waals surface area (Å²) in [6, 6.07) is 9.07. The molecule has 0 atom stereocenters. The molecular weight excluding hydrogens is 428 g/mol. The van der Waals surface area contributed by atoms with E-state index in [0.29, 0.717) is 11.3 Å². The molecule has 0 bridgehead atoms. The van der Waals surface area contributed by atoms with E-state index in [2.05, 4.69) is 22.0 Å². The third kappa shape index (κ3) is 5.58. The number of rotatable bonds is 8. The second-order valence-electron chi connectivity index (χ2n) is 7.47. The maximum atomic E-state index is 13.0. The van der Waals surface area contributed by atoms with E-state index in [-0.39, 0.29) is 23.6 Å². The van der Waals surface area contributed by atoms with Gasteiger partial charge in [-0.15, -0.1) is 0 Å². The highest BCUT2D eigenvalue weighted by Crippen LogP contribution is 2.31. The van der Waals surface area contributed by atoms with Crippen molar-refractivity contribution in [1.29, 1.82) is 0 Å². The van der Waals surface area contributed by atoms with E-state index in [1.165, 1.54) is 25.3 Å². The van der Waals surface area contributed by atoms with Crippen LogP contribution in [0.25, 0.3) is 0 Å². The predicted molar refractivity (Wildman–Crippen MR) is 124 cm³/mol. The van der Waals surface area contributed by atoms with Crippen molar-refractivity contribution in [3.63, 3.8) is 0 Å². The lowest BCUT2D eigenvalue weighted by molar-refractivity contribution is -0.385. The van der Waals surface area contributed by atoms with Crippen LogP contribution in [0.1, 0.15) is 34.6 Å². The molecule has 10 heteroatoms. The second-order valence-corrected chi connectivity index (χ2v) is 7.47. The molecule has 0 spiro atoms. The zero-order valence-corrected chi connectivity index (χ0v) is 19.0. The molecule has 1 fully saturated rings. The Kier molecular flexibility index (Phi) is 7.83. The van der Waals surface area contributed by atoms with E-state index >= 15 is 0 Å². The van der Waals surface area contributed by atoms with E-state index in [4.69, 9.17) is 9.47 Å². The van der Waals surface area contributed by atoms with Gasteiger partial charge in [-0.2, -0.15) is 0 Å². The molecule has 0 unspecified atom stereocenters. The number of benzene rings is 2. The number of hydrogen-bond acceptors (Lipinski definition) is 8. The van der Waals surface area contributed by atoms with Gasteiger partial charge in [0.15, 0.2) is 5.75 Å². The van der Waals surface area contributed by atoms with Crippen LogP contribution in [-0.2, 0) is 4.74 Å². The number of methoxy groups -OCH3 is 1. The Morgan fingerprint density at radius 2 is 1.76 bits per heavy atom. The van der Waals surface area contributed by atoms with Crippen LogP contribution >= 0.6 is 0 Å². The Hall–Kier alpha value is -3.66. The van der Waals surface area contributed by atoms with E-state index in [0.717, 1.165) is 38.4 Å². The Morgan fingerprint density at radius 1 is 1.06 bits per heavy atom. The molecule has 2 aromatic rings. The molecule has 10 nitrogen and oxygen atoms in total. The fourth-order valence-corrected chi connectivity index (χ4v) is 3.74. The number of hydrogen-bond donors (Lipinski definition) is 1. The molecule has 0 aromatic heterocycles. The quantitative estimate of drug-likeness (QED) is 0.366. The first-order valence-electron chi connectivity index (χ1n) is 10.8. The van der Waals surface area contributed by atoms with Crippen LogP contribution in [0.4, 0.5) is 17.1 Å². The van der Waals surface area contributed by atoms with Crippen molar-refractivity contribution in [2.24, 2.45) is 0 Å². The van der Waals surface area contributed by atoms with Crippen molar-refractivity contribution in [3.8, 4) is 5.75 Å². The van der Waals surface area contributed by atoms with Crippen molar-refractivity contribution in [1.82, 2.24) is 4.90 Å². The molecule has 1 aliphatic heterocycles. The van der Waals surface area contributed by atoms with Crippen molar-refractivity contribution in [3.05, 3.63) is 57.6 Å². The first kappa shape index (κ1) is 24.0. The predicted octanol–water partition coefficient (Wildman–Crippen LogP) is 3.17. The van der Waals surface area contributed by atoms with Gasteiger partial charge < -0.3 is 24.6 Å². The highest BCUT2D eigenvalue weighted by molar-refractivity contribution is 6.07. The van der Waals surface area contributed by atoms with Gasteiger partial charge in [-0.05, 0) is 43.8 Å². The number of likely N-dealkylation sites (N-methyl/N-ethyl adjacent to an activating group) is 1. The summed E-state index contributed by atoms with van der Waals surface area (Å²) >= 11 is 0. The van der Waals surface area contributed by atoms with Crippen LogP contribution in [0.5, 0.6) is 5.75 Å². The third-order valence-electron chi connectivity index (χ3n) is 5.54. The maximum Gasteiger partial charge on any atom is 0.337 e. The number of nitrogens with zero attached hydrogens (tertiary/aromatic N) is 3. The van der Waals surface area contributed by atoms with Gasteiger partial charge in [0.1, 0.15) is 0 Å². The molecule has 1 saturated heterocycles. The zero-order valence-electron chi connectivity index (χ0n) is 19.0. The summed E-state index contributed by atoms with van der Waals surface area (Å²) in [5.74, 6) is -0.956. The standard InChI is InChI=1S/C23H28N4O6/c1-4-25-10-12-26(13-11-25)19-8-6-17(23(29)32-3)14-18(19)24-22(28)16-7-9-21(33-5-2)20(15-16)27(30)31/h6-9,14-15H,4-5,10-13H2,1-3H3,(H,24,28). The van der Waals surface area contributed by atoms with Crippen LogP contribution in [0.15, 0.2) is 36.4 Å². The number of ether oxygens (including phenoxy) is 2. The fourth-order valence-electron chi connectivity index (χ4n) is 3.74. The molecule has 1 amide bonds. The van der Waals surface area contributed by atoms with Gasteiger partial charge in [-0.3, -0.25) is 14.9 Å². The van der Waals surface area contributed by atoms with Crippen molar-refractivity contribution < 1.29 is 24.0 Å². The lowest BCUT2D eigenvalue weighted by atomic mass is 10.1. The van der Waals surface area contributed by atoms with Crippen LogP contribution in [0.2, 0.25) is 0 Å². The third-order valence-corrected chi connectivity index (χ3v) is 5.54. The summed E-state index contributed by atoms with van der Waals surface area (Å²) in [4.78, 5) is 40.4. The van der Waals surface area contributed by atoms with Gasteiger partial charge in [-0.25, -0.2) is 4.79 Å². The number of carbonyl (C=O) groups excluding carboxylic acids is 2. The van der Waals surface area contributed by atoms with Crippen LogP contribution in [-0.4, -0.2) is 68.1 Å². The summed E-state index contributed by atoms with van der Waals surface area (Å²) in [7, 11) is 1.29. The zero-order chi connectivity index (χ0) is 24.0. The molecular formula is C23H28N4O6. The molecule has 0 radical (unpaired) electrons. The van der Waals surface area contributed by atoms with Crippen LogP contribution in [0.3, 0.4) is 0 Å². The average Bonchev–Trinajstić information content (AvgIpc) is 2.83. The minimum Gasteiger partial charge on any atom is -0.487 e. The van der Waals surface area contributed by atoms with Crippen LogP contribution in [0, 0.1) is 10.1 Å². The fraction of sp³-hybridized carbons (Fsp3) is 0.391. The number of esters is 1. The molecule has 1 N–H and O–H groups in total. The molecule has 0 saturated carbocycles. The first-order valence-corrected chi connectivity index (χ1v) is 10.8. The largest absolute Gasteiger partial charge is 0.487 e. The Morgan fingerprint density at radius 3 is 2.36 bits per heavy atom. The van der Waals surface area contributed by atoms with E-state index in [9.17, 15) is 19.7 Å². The molecule has 1 heterocycles. The van der Waals surface area contributed by atoms with E-state index < -0.39 is 16.8 Å². The molecule has 0 aliphatic carbocycles.